The van der Waals surface area contributed by atoms with E-state index in [1.165, 1.54) is 6.42 Å². The number of rotatable bonds is 4. The van der Waals surface area contributed by atoms with Crippen molar-refractivity contribution in [2.24, 2.45) is 0 Å². The fraction of sp³-hybridized carbons (Fsp3) is 0.643. The van der Waals surface area contributed by atoms with Crippen molar-refractivity contribution in [3.8, 4) is 5.88 Å². The zero-order chi connectivity index (χ0) is 13.7. The lowest BCUT2D eigenvalue weighted by Crippen LogP contribution is -2.38. The van der Waals surface area contributed by atoms with Crippen molar-refractivity contribution in [2.45, 2.75) is 38.6 Å². The monoisotopic (exact) mass is 265 g/mol. The molecule has 0 radical (unpaired) electrons. The van der Waals surface area contributed by atoms with Crippen molar-refractivity contribution in [3.05, 3.63) is 12.1 Å². The molecule has 5 heteroatoms. The zero-order valence-corrected chi connectivity index (χ0v) is 11.5. The number of hydrogen-bond acceptors (Lipinski definition) is 5. The first-order valence-corrected chi connectivity index (χ1v) is 7.03. The van der Waals surface area contributed by atoms with Gasteiger partial charge in [-0.15, -0.1) is 0 Å². The molecular formula is C14H23N3O2. The summed E-state index contributed by atoms with van der Waals surface area (Å²) >= 11 is 0. The highest BCUT2D eigenvalue weighted by Gasteiger charge is 2.22. The van der Waals surface area contributed by atoms with Gasteiger partial charge in [-0.2, -0.15) is 4.98 Å². The Balaban J connectivity index is 2.25. The normalized spacial score (nSPS) is 20.1. The lowest BCUT2D eigenvalue weighted by molar-refractivity contribution is 0.254. The molecule has 19 heavy (non-hydrogen) atoms. The highest BCUT2D eigenvalue weighted by molar-refractivity contribution is 5.55. The van der Waals surface area contributed by atoms with Crippen molar-refractivity contribution >= 4 is 11.5 Å². The maximum absolute atomic E-state index is 9.55. The summed E-state index contributed by atoms with van der Waals surface area (Å²) in [5.41, 5.74) is 6.40. The van der Waals surface area contributed by atoms with Crippen LogP contribution in [0, 0.1) is 0 Å². The van der Waals surface area contributed by atoms with Gasteiger partial charge in [0.05, 0.1) is 24.9 Å². The first-order valence-electron chi connectivity index (χ1n) is 7.03. The molecule has 1 aromatic rings. The average molecular weight is 265 g/mol. The Hall–Kier alpha value is -1.49. The van der Waals surface area contributed by atoms with Gasteiger partial charge in [-0.05, 0) is 31.9 Å². The van der Waals surface area contributed by atoms with Crippen molar-refractivity contribution in [2.75, 3.05) is 30.4 Å². The van der Waals surface area contributed by atoms with Crippen molar-refractivity contribution in [1.29, 1.82) is 0 Å². The molecule has 106 valence electrons. The number of anilines is 2. The molecular weight excluding hydrogens is 242 g/mol. The lowest BCUT2D eigenvalue weighted by atomic mass is 10.1. The van der Waals surface area contributed by atoms with Gasteiger partial charge in [0, 0.05) is 6.54 Å². The van der Waals surface area contributed by atoms with Crippen LogP contribution in [0.25, 0.3) is 0 Å². The Morgan fingerprint density at radius 3 is 3.00 bits per heavy atom. The second-order valence-corrected chi connectivity index (χ2v) is 4.88. The standard InChI is InChI=1S/C14H23N3O2/c1-2-19-14-12(15)7-8-13(16-14)17-9-5-3-4-6-11(17)10-18/h7-8,11,18H,2-6,9-10,15H2,1H3. The molecule has 1 aromatic heterocycles. The molecule has 2 heterocycles. The third kappa shape index (κ3) is 3.29. The van der Waals surface area contributed by atoms with E-state index < -0.39 is 0 Å². The van der Waals surface area contributed by atoms with Gasteiger partial charge in [-0.1, -0.05) is 12.8 Å². The summed E-state index contributed by atoms with van der Waals surface area (Å²) in [4.78, 5) is 6.67. The molecule has 0 aromatic carbocycles. The number of aliphatic hydroxyl groups is 1. The average Bonchev–Trinajstić information content (AvgIpc) is 2.66. The van der Waals surface area contributed by atoms with E-state index in [0.717, 1.165) is 31.6 Å². The largest absolute Gasteiger partial charge is 0.476 e. The van der Waals surface area contributed by atoms with Crippen molar-refractivity contribution < 1.29 is 9.84 Å². The number of ether oxygens (including phenoxy) is 1. The van der Waals surface area contributed by atoms with E-state index in [0.29, 0.717) is 18.2 Å². The number of nitrogens with zero attached hydrogens (tertiary/aromatic N) is 2. The van der Waals surface area contributed by atoms with E-state index in [1.54, 1.807) is 0 Å². The first-order chi connectivity index (χ1) is 9.26. The van der Waals surface area contributed by atoms with E-state index in [4.69, 9.17) is 10.5 Å². The maximum Gasteiger partial charge on any atom is 0.239 e. The van der Waals surface area contributed by atoms with Gasteiger partial charge in [0.15, 0.2) is 0 Å². The predicted molar refractivity (Wildman–Crippen MR) is 76.5 cm³/mol. The number of pyridine rings is 1. The van der Waals surface area contributed by atoms with Crippen LogP contribution in [0.5, 0.6) is 5.88 Å². The van der Waals surface area contributed by atoms with E-state index in [9.17, 15) is 5.11 Å². The molecule has 2 rings (SSSR count). The second-order valence-electron chi connectivity index (χ2n) is 4.88. The quantitative estimate of drug-likeness (QED) is 0.868. The minimum absolute atomic E-state index is 0.146. The van der Waals surface area contributed by atoms with Crippen LogP contribution in [-0.4, -0.2) is 35.9 Å². The third-order valence-corrected chi connectivity index (χ3v) is 3.54. The molecule has 0 saturated carbocycles. The van der Waals surface area contributed by atoms with Crippen LogP contribution in [0.2, 0.25) is 0 Å². The number of nitrogen functional groups attached to an aromatic ring is 1. The highest BCUT2D eigenvalue weighted by Crippen LogP contribution is 2.27. The molecule has 5 nitrogen and oxygen atoms in total. The van der Waals surface area contributed by atoms with Gasteiger partial charge >= 0.3 is 0 Å². The minimum Gasteiger partial charge on any atom is -0.476 e. The van der Waals surface area contributed by atoms with Gasteiger partial charge in [0.1, 0.15) is 5.82 Å². The molecule has 3 N–H and O–H groups in total. The summed E-state index contributed by atoms with van der Waals surface area (Å²) in [5.74, 6) is 1.33. The van der Waals surface area contributed by atoms with Crippen molar-refractivity contribution in [3.63, 3.8) is 0 Å². The Morgan fingerprint density at radius 2 is 2.26 bits per heavy atom. The van der Waals surface area contributed by atoms with Crippen molar-refractivity contribution in [1.82, 2.24) is 4.98 Å². The molecule has 1 aliphatic heterocycles. The Morgan fingerprint density at radius 1 is 1.42 bits per heavy atom. The zero-order valence-electron chi connectivity index (χ0n) is 11.5. The van der Waals surface area contributed by atoms with Gasteiger partial charge in [0.25, 0.3) is 0 Å². The number of nitrogens with two attached hydrogens (primary N) is 1. The number of aromatic nitrogens is 1. The predicted octanol–water partition coefficient (Wildman–Crippen LogP) is 1.80. The van der Waals surface area contributed by atoms with Gasteiger partial charge < -0.3 is 20.5 Å². The molecule has 0 bridgehead atoms. The maximum atomic E-state index is 9.55. The van der Waals surface area contributed by atoms with E-state index in [1.807, 2.05) is 19.1 Å². The molecule has 1 aliphatic rings. The van der Waals surface area contributed by atoms with Gasteiger partial charge in [-0.25, -0.2) is 0 Å². The fourth-order valence-corrected chi connectivity index (χ4v) is 2.52. The van der Waals surface area contributed by atoms with Crippen LogP contribution in [0.15, 0.2) is 12.1 Å². The molecule has 1 unspecified atom stereocenters. The topological polar surface area (TPSA) is 71.6 Å². The lowest BCUT2D eigenvalue weighted by Gasteiger charge is -2.30. The smallest absolute Gasteiger partial charge is 0.239 e. The SMILES string of the molecule is CCOc1nc(N2CCCCCC2CO)ccc1N. The highest BCUT2D eigenvalue weighted by atomic mass is 16.5. The number of aliphatic hydroxyl groups excluding tert-OH is 1. The summed E-state index contributed by atoms with van der Waals surface area (Å²) in [7, 11) is 0. The fourth-order valence-electron chi connectivity index (χ4n) is 2.52. The molecule has 1 atom stereocenters. The summed E-state index contributed by atoms with van der Waals surface area (Å²) < 4.78 is 5.44. The summed E-state index contributed by atoms with van der Waals surface area (Å²) in [6.07, 6.45) is 4.51. The summed E-state index contributed by atoms with van der Waals surface area (Å²) in [6.45, 7) is 3.55. The molecule has 0 spiro atoms. The van der Waals surface area contributed by atoms with Gasteiger partial charge in [0.2, 0.25) is 5.88 Å². The van der Waals surface area contributed by atoms with Crippen LogP contribution < -0.4 is 15.4 Å². The summed E-state index contributed by atoms with van der Waals surface area (Å²) in [6, 6.07) is 3.88. The first kappa shape index (κ1) is 13.9. The summed E-state index contributed by atoms with van der Waals surface area (Å²) in [5, 5.41) is 9.55. The van der Waals surface area contributed by atoms with Gasteiger partial charge in [-0.3, -0.25) is 0 Å². The second kappa shape index (κ2) is 6.61. The van der Waals surface area contributed by atoms with Crippen LogP contribution in [0.4, 0.5) is 11.5 Å². The Kier molecular flexibility index (Phi) is 4.85. The van der Waals surface area contributed by atoms with E-state index in [-0.39, 0.29) is 12.6 Å². The van der Waals surface area contributed by atoms with E-state index in [2.05, 4.69) is 9.88 Å². The third-order valence-electron chi connectivity index (χ3n) is 3.54. The van der Waals surface area contributed by atoms with E-state index >= 15 is 0 Å². The van der Waals surface area contributed by atoms with Crippen LogP contribution in [0.1, 0.15) is 32.6 Å². The Labute approximate surface area is 114 Å². The minimum atomic E-state index is 0.146. The van der Waals surface area contributed by atoms with Crippen LogP contribution in [-0.2, 0) is 0 Å². The molecule has 1 saturated heterocycles. The van der Waals surface area contributed by atoms with Crippen LogP contribution in [0.3, 0.4) is 0 Å². The Bertz CT molecular complexity index is 412. The molecule has 0 amide bonds. The molecule has 0 aliphatic carbocycles. The van der Waals surface area contributed by atoms with Crippen LogP contribution >= 0.6 is 0 Å². The molecule has 1 fully saturated rings. The number of hydrogen-bond donors (Lipinski definition) is 2.